The fourth-order valence-corrected chi connectivity index (χ4v) is 2.01. The minimum absolute atomic E-state index is 0.337. The van der Waals surface area contributed by atoms with Crippen molar-refractivity contribution in [2.24, 2.45) is 10.9 Å². The number of halogens is 3. The summed E-state index contributed by atoms with van der Waals surface area (Å²) >= 11 is 0. The lowest BCUT2D eigenvalue weighted by atomic mass is 9.81. The monoisotopic (exact) mass is 273 g/mol. The first-order valence-corrected chi connectivity index (χ1v) is 5.33. The number of carbonyl (C=O) groups is 1. The minimum atomic E-state index is -5.19. The van der Waals surface area contributed by atoms with Crippen LogP contribution >= 0.6 is 0 Å². The SMILES string of the molecule is COC(=O)[C@@](O)(C1=CN=C2C=CC=C[C@@H]12)C(F)(F)F. The molecule has 0 saturated carbocycles. The minimum Gasteiger partial charge on any atom is -0.466 e. The molecule has 0 aromatic carbocycles. The molecule has 0 bridgehead atoms. The molecular weight excluding hydrogens is 263 g/mol. The van der Waals surface area contributed by atoms with E-state index in [1.54, 1.807) is 6.08 Å². The standard InChI is InChI=1S/C12H10F3NO3/c1-19-10(17)11(18,12(13,14)15)8-6-16-9-5-3-2-4-7(8)9/h2-7,18H,1H3/t7-,11-/m0/s1. The zero-order chi connectivity index (χ0) is 14.3. The first-order chi connectivity index (χ1) is 8.82. The number of hydrogen-bond donors (Lipinski definition) is 1. The van der Waals surface area contributed by atoms with Gasteiger partial charge in [-0.2, -0.15) is 13.2 Å². The molecule has 0 saturated heterocycles. The summed E-state index contributed by atoms with van der Waals surface area (Å²) in [5, 5.41) is 9.86. The number of esters is 1. The molecular formula is C12H10F3NO3. The maximum atomic E-state index is 13.1. The molecule has 1 aliphatic heterocycles. The van der Waals surface area contributed by atoms with Crippen LogP contribution in [0.3, 0.4) is 0 Å². The van der Waals surface area contributed by atoms with Gasteiger partial charge in [0.2, 0.25) is 0 Å². The van der Waals surface area contributed by atoms with Crippen LogP contribution in [0.2, 0.25) is 0 Å². The van der Waals surface area contributed by atoms with Crippen LogP contribution in [0.25, 0.3) is 0 Å². The predicted molar refractivity (Wildman–Crippen MR) is 60.3 cm³/mol. The maximum Gasteiger partial charge on any atom is 0.432 e. The summed E-state index contributed by atoms with van der Waals surface area (Å²) in [5.41, 5.74) is -3.90. The average molecular weight is 273 g/mol. The van der Waals surface area contributed by atoms with E-state index in [1.807, 2.05) is 0 Å². The number of alkyl halides is 3. The van der Waals surface area contributed by atoms with Gasteiger partial charge in [-0.1, -0.05) is 18.2 Å². The van der Waals surface area contributed by atoms with E-state index in [4.69, 9.17) is 0 Å². The number of aliphatic imine (C=N–C) groups is 1. The number of aliphatic hydroxyl groups is 1. The van der Waals surface area contributed by atoms with Gasteiger partial charge >= 0.3 is 12.1 Å². The molecule has 19 heavy (non-hydrogen) atoms. The molecule has 0 radical (unpaired) electrons. The molecule has 7 heteroatoms. The first-order valence-electron chi connectivity index (χ1n) is 5.33. The van der Waals surface area contributed by atoms with Crippen molar-refractivity contribution in [3.05, 3.63) is 36.1 Å². The molecule has 0 aromatic heterocycles. The van der Waals surface area contributed by atoms with E-state index < -0.39 is 29.2 Å². The van der Waals surface area contributed by atoms with Crippen LogP contribution in [0.1, 0.15) is 0 Å². The lowest BCUT2D eigenvalue weighted by Crippen LogP contribution is -2.55. The molecule has 2 atom stereocenters. The Morgan fingerprint density at radius 2 is 2.11 bits per heavy atom. The van der Waals surface area contributed by atoms with Crippen LogP contribution in [-0.4, -0.2) is 35.7 Å². The molecule has 0 spiro atoms. The van der Waals surface area contributed by atoms with Gasteiger partial charge in [0, 0.05) is 17.7 Å². The quantitative estimate of drug-likeness (QED) is 0.776. The Morgan fingerprint density at radius 1 is 1.42 bits per heavy atom. The highest BCUT2D eigenvalue weighted by Crippen LogP contribution is 2.43. The molecule has 1 aliphatic carbocycles. The molecule has 1 N–H and O–H groups in total. The largest absolute Gasteiger partial charge is 0.466 e. The second-order valence-corrected chi connectivity index (χ2v) is 4.06. The average Bonchev–Trinajstić information content (AvgIpc) is 2.79. The zero-order valence-corrected chi connectivity index (χ0v) is 9.81. The van der Waals surface area contributed by atoms with Crippen LogP contribution in [0.4, 0.5) is 13.2 Å². The third kappa shape index (κ3) is 1.90. The van der Waals surface area contributed by atoms with E-state index in [0.717, 1.165) is 13.3 Å². The van der Waals surface area contributed by atoms with Crippen molar-refractivity contribution in [2.45, 2.75) is 11.8 Å². The van der Waals surface area contributed by atoms with Gasteiger partial charge < -0.3 is 9.84 Å². The van der Waals surface area contributed by atoms with Crippen molar-refractivity contribution in [2.75, 3.05) is 7.11 Å². The molecule has 2 rings (SSSR count). The Hall–Kier alpha value is -1.89. The third-order valence-electron chi connectivity index (χ3n) is 3.00. The van der Waals surface area contributed by atoms with Gasteiger partial charge in [0.1, 0.15) is 0 Å². The number of fused-ring (bicyclic) bond motifs is 1. The van der Waals surface area contributed by atoms with Crippen molar-refractivity contribution in [3.8, 4) is 0 Å². The first kappa shape index (κ1) is 13.5. The van der Waals surface area contributed by atoms with Crippen LogP contribution in [-0.2, 0) is 9.53 Å². The van der Waals surface area contributed by atoms with Crippen molar-refractivity contribution in [1.29, 1.82) is 0 Å². The summed E-state index contributed by atoms with van der Waals surface area (Å²) in [6.45, 7) is 0. The molecule has 2 aliphatic rings. The number of allylic oxidation sites excluding steroid dienone is 4. The number of methoxy groups -OCH3 is 1. The Kier molecular flexibility index (Phi) is 3.09. The number of carbonyl (C=O) groups excluding carboxylic acids is 1. The summed E-state index contributed by atoms with van der Waals surface area (Å²) in [4.78, 5) is 15.2. The van der Waals surface area contributed by atoms with Crippen LogP contribution in [0.5, 0.6) is 0 Å². The molecule has 0 amide bonds. The maximum absolute atomic E-state index is 13.1. The summed E-state index contributed by atoms with van der Waals surface area (Å²) in [7, 11) is 0.785. The fraction of sp³-hybridized carbons (Fsp3) is 0.333. The van der Waals surface area contributed by atoms with Crippen molar-refractivity contribution in [1.82, 2.24) is 0 Å². The second kappa shape index (κ2) is 4.34. The van der Waals surface area contributed by atoms with Gasteiger partial charge in [-0.3, -0.25) is 4.99 Å². The van der Waals surface area contributed by atoms with Gasteiger partial charge in [0.25, 0.3) is 5.60 Å². The summed E-state index contributed by atoms with van der Waals surface area (Å²) < 4.78 is 43.3. The van der Waals surface area contributed by atoms with Crippen molar-refractivity contribution < 1.29 is 27.8 Å². The molecule has 0 aromatic rings. The third-order valence-corrected chi connectivity index (χ3v) is 3.00. The lowest BCUT2D eigenvalue weighted by Gasteiger charge is -2.31. The number of nitrogens with zero attached hydrogens (tertiary/aromatic N) is 1. The Bertz CT molecular complexity index is 531. The smallest absolute Gasteiger partial charge is 0.432 e. The molecule has 0 fully saturated rings. The van der Waals surface area contributed by atoms with Gasteiger partial charge in [-0.25, -0.2) is 4.79 Å². The van der Waals surface area contributed by atoms with Crippen molar-refractivity contribution in [3.63, 3.8) is 0 Å². The van der Waals surface area contributed by atoms with Gasteiger partial charge in [-0.05, 0) is 6.08 Å². The normalized spacial score (nSPS) is 24.4. The Labute approximate surface area is 106 Å². The van der Waals surface area contributed by atoms with Gasteiger partial charge in [0.15, 0.2) is 0 Å². The molecule has 102 valence electrons. The van der Waals surface area contributed by atoms with Crippen LogP contribution in [0, 0.1) is 5.92 Å². The molecule has 1 heterocycles. The van der Waals surface area contributed by atoms with E-state index >= 15 is 0 Å². The second-order valence-electron chi connectivity index (χ2n) is 4.06. The zero-order valence-electron chi connectivity index (χ0n) is 9.81. The van der Waals surface area contributed by atoms with Gasteiger partial charge in [0.05, 0.1) is 12.8 Å². The molecule has 0 unspecified atom stereocenters. The van der Waals surface area contributed by atoms with Crippen LogP contribution in [0.15, 0.2) is 41.1 Å². The molecule has 4 nitrogen and oxygen atoms in total. The van der Waals surface area contributed by atoms with E-state index in [-0.39, 0.29) is 0 Å². The number of rotatable bonds is 2. The predicted octanol–water partition coefficient (Wildman–Crippen LogP) is 1.53. The number of ether oxygens (including phenoxy) is 1. The van der Waals surface area contributed by atoms with Crippen LogP contribution < -0.4 is 0 Å². The fourth-order valence-electron chi connectivity index (χ4n) is 2.01. The number of hydrogen-bond acceptors (Lipinski definition) is 4. The highest BCUT2D eigenvalue weighted by Gasteiger charge is 2.65. The topological polar surface area (TPSA) is 58.9 Å². The summed E-state index contributed by atoms with van der Waals surface area (Å²) in [5.74, 6) is -2.65. The lowest BCUT2D eigenvalue weighted by molar-refractivity contribution is -0.249. The van der Waals surface area contributed by atoms with Crippen molar-refractivity contribution >= 4 is 11.7 Å². The Morgan fingerprint density at radius 3 is 2.68 bits per heavy atom. The van der Waals surface area contributed by atoms with E-state index in [2.05, 4.69) is 9.73 Å². The highest BCUT2D eigenvalue weighted by molar-refractivity contribution is 6.05. The van der Waals surface area contributed by atoms with E-state index in [0.29, 0.717) is 5.71 Å². The van der Waals surface area contributed by atoms with E-state index in [9.17, 15) is 23.1 Å². The summed E-state index contributed by atoms with van der Waals surface area (Å²) in [6, 6.07) is 0. The van der Waals surface area contributed by atoms with E-state index in [1.165, 1.54) is 18.2 Å². The highest BCUT2D eigenvalue weighted by atomic mass is 19.4. The van der Waals surface area contributed by atoms with Gasteiger partial charge in [-0.15, -0.1) is 0 Å². The Balaban J connectivity index is 2.46. The summed E-state index contributed by atoms with van der Waals surface area (Å²) in [6.07, 6.45) is 1.75.